The zero-order chi connectivity index (χ0) is 39.1. The van der Waals surface area contributed by atoms with Crippen LogP contribution in [0.25, 0.3) is 0 Å². The van der Waals surface area contributed by atoms with Crippen LogP contribution in [0.15, 0.2) is 97.2 Å². The minimum absolute atomic E-state index is 0.146. The second kappa shape index (κ2) is 37.3. The van der Waals surface area contributed by atoms with E-state index in [4.69, 9.17) is 19.3 Å². The molecule has 0 aliphatic carbocycles. The SMILES string of the molecule is CC/C=C\C/C=C\CC(O)/C=C/C=C\C/C=C\CCCC(=O)OC[C@H](COP(=O)(O)O)OC(=O)CCCCCC/C=C\C/C=C\C/C=C\CCCCC. The minimum atomic E-state index is -4.79. The maximum atomic E-state index is 12.4. The Hall–Kier alpha value is -3.07. The first-order valence-corrected chi connectivity index (χ1v) is 21.2. The molecular weight excluding hydrogens is 691 g/mol. The van der Waals surface area contributed by atoms with Crippen LogP contribution in [0.3, 0.4) is 0 Å². The summed E-state index contributed by atoms with van der Waals surface area (Å²) in [5, 5.41) is 9.97. The van der Waals surface area contributed by atoms with Crippen LogP contribution in [0.2, 0.25) is 0 Å². The molecule has 0 aliphatic rings. The van der Waals surface area contributed by atoms with Crippen LogP contribution >= 0.6 is 7.82 Å². The number of carbonyl (C=O) groups excluding carboxylic acids is 2. The van der Waals surface area contributed by atoms with Crippen LogP contribution in [-0.4, -0.2) is 52.3 Å². The average molecular weight is 761 g/mol. The van der Waals surface area contributed by atoms with Crippen LogP contribution in [0, 0.1) is 0 Å². The van der Waals surface area contributed by atoms with Crippen LogP contribution < -0.4 is 0 Å². The third-order valence-corrected chi connectivity index (χ3v) is 8.15. The van der Waals surface area contributed by atoms with Gasteiger partial charge in [-0.15, -0.1) is 0 Å². The molecule has 0 aromatic carbocycles. The Labute approximate surface area is 320 Å². The second-order valence-corrected chi connectivity index (χ2v) is 14.0. The summed E-state index contributed by atoms with van der Waals surface area (Å²) in [6, 6.07) is 0. The van der Waals surface area contributed by atoms with E-state index in [0.29, 0.717) is 32.1 Å². The normalized spacial score (nSPS) is 14.1. The number of hydrogen-bond donors (Lipinski definition) is 3. The summed E-state index contributed by atoms with van der Waals surface area (Å²) in [4.78, 5) is 42.8. The summed E-state index contributed by atoms with van der Waals surface area (Å²) in [5.41, 5.74) is 0. The molecule has 9 nitrogen and oxygen atoms in total. The van der Waals surface area contributed by atoms with Crippen molar-refractivity contribution in [2.45, 2.75) is 148 Å². The van der Waals surface area contributed by atoms with E-state index in [1.54, 1.807) is 6.08 Å². The number of aliphatic hydroxyl groups is 1. The smallest absolute Gasteiger partial charge is 0.462 e. The van der Waals surface area contributed by atoms with E-state index in [0.717, 1.165) is 51.4 Å². The second-order valence-electron chi connectivity index (χ2n) is 12.7. The summed E-state index contributed by atoms with van der Waals surface area (Å²) < 4.78 is 26.2. The summed E-state index contributed by atoms with van der Waals surface area (Å²) >= 11 is 0. The van der Waals surface area contributed by atoms with Gasteiger partial charge in [-0.3, -0.25) is 14.1 Å². The molecule has 300 valence electrons. The van der Waals surface area contributed by atoms with Crippen molar-refractivity contribution in [1.82, 2.24) is 0 Å². The van der Waals surface area contributed by atoms with Gasteiger partial charge in [0.2, 0.25) is 0 Å². The summed E-state index contributed by atoms with van der Waals surface area (Å²) in [6.07, 6.45) is 47.3. The van der Waals surface area contributed by atoms with Crippen molar-refractivity contribution in [1.29, 1.82) is 0 Å². The standard InChI is InChI=1S/C43H69O9P/c1-3-5-7-9-11-12-13-14-15-16-17-18-19-20-25-29-33-37-43(46)52-41(39-51-53(47,48)49)38-50-42(45)36-32-28-24-22-21-23-27-31-35-40(44)34-30-26-10-8-6-4-2/h6,8,11-12,14-15,17-18,22-24,26-27,30-31,35,40-41,44H,3-5,7,9-10,13,16,19-21,25,28-29,32-34,36-39H2,1-2H3,(H2,47,48,49)/b8-6-,12-11-,15-14-,18-17-,24-22-,27-23-,30-26-,35-31+/t40?,41-/m1/s1. The van der Waals surface area contributed by atoms with Gasteiger partial charge in [-0.25, -0.2) is 4.57 Å². The van der Waals surface area contributed by atoms with Crippen LogP contribution in [0.4, 0.5) is 0 Å². The van der Waals surface area contributed by atoms with Gasteiger partial charge in [-0.2, -0.15) is 0 Å². The van der Waals surface area contributed by atoms with Gasteiger partial charge in [0.1, 0.15) is 6.61 Å². The number of hydrogen-bond acceptors (Lipinski definition) is 7. The Morgan fingerprint density at radius 3 is 1.79 bits per heavy atom. The van der Waals surface area contributed by atoms with E-state index in [-0.39, 0.29) is 19.4 Å². The highest BCUT2D eigenvalue weighted by Gasteiger charge is 2.22. The fourth-order valence-electron chi connectivity index (χ4n) is 4.73. The van der Waals surface area contributed by atoms with Crippen molar-refractivity contribution in [3.63, 3.8) is 0 Å². The fourth-order valence-corrected chi connectivity index (χ4v) is 5.09. The summed E-state index contributed by atoms with van der Waals surface area (Å²) in [5.74, 6) is -1.03. The molecule has 3 N–H and O–H groups in total. The molecule has 0 bridgehead atoms. The topological polar surface area (TPSA) is 140 Å². The van der Waals surface area contributed by atoms with Crippen LogP contribution in [-0.2, 0) is 28.2 Å². The van der Waals surface area contributed by atoms with E-state index < -0.39 is 38.6 Å². The monoisotopic (exact) mass is 760 g/mol. The molecule has 0 radical (unpaired) electrons. The molecule has 1 unspecified atom stereocenters. The van der Waals surface area contributed by atoms with E-state index in [2.05, 4.69) is 67.0 Å². The van der Waals surface area contributed by atoms with Gasteiger partial charge in [0.05, 0.1) is 12.7 Å². The van der Waals surface area contributed by atoms with Crippen LogP contribution in [0.1, 0.15) is 136 Å². The van der Waals surface area contributed by atoms with Crippen molar-refractivity contribution in [2.24, 2.45) is 0 Å². The molecule has 0 saturated carbocycles. The molecule has 2 atom stereocenters. The molecule has 0 heterocycles. The van der Waals surface area contributed by atoms with Gasteiger partial charge in [0, 0.05) is 12.8 Å². The largest absolute Gasteiger partial charge is 0.469 e. The number of phosphoric acid groups is 1. The molecule has 0 spiro atoms. The van der Waals surface area contributed by atoms with Gasteiger partial charge in [0.15, 0.2) is 6.10 Å². The van der Waals surface area contributed by atoms with E-state index in [1.807, 2.05) is 42.5 Å². The lowest BCUT2D eigenvalue weighted by molar-refractivity contribution is -0.161. The van der Waals surface area contributed by atoms with Gasteiger partial charge < -0.3 is 24.4 Å². The van der Waals surface area contributed by atoms with Gasteiger partial charge in [-0.05, 0) is 83.5 Å². The number of carbonyl (C=O) groups is 2. The first-order valence-electron chi connectivity index (χ1n) is 19.6. The molecule has 0 rings (SSSR count). The van der Waals surface area contributed by atoms with Crippen molar-refractivity contribution in [3.05, 3.63) is 97.2 Å². The Morgan fingerprint density at radius 1 is 0.604 bits per heavy atom. The van der Waals surface area contributed by atoms with Crippen molar-refractivity contribution in [3.8, 4) is 0 Å². The third-order valence-electron chi connectivity index (χ3n) is 7.67. The Bertz CT molecular complexity index is 1190. The average Bonchev–Trinajstić information content (AvgIpc) is 3.12. The number of unbranched alkanes of at least 4 members (excludes halogenated alkanes) is 8. The number of aliphatic hydroxyl groups excluding tert-OH is 1. The van der Waals surface area contributed by atoms with Crippen molar-refractivity contribution in [2.75, 3.05) is 13.2 Å². The highest BCUT2D eigenvalue weighted by atomic mass is 31.2. The van der Waals surface area contributed by atoms with Gasteiger partial charge in [-0.1, -0.05) is 137 Å². The number of phosphoric ester groups is 1. The number of esters is 2. The van der Waals surface area contributed by atoms with E-state index in [9.17, 15) is 19.3 Å². The van der Waals surface area contributed by atoms with Gasteiger partial charge in [0.25, 0.3) is 0 Å². The highest BCUT2D eigenvalue weighted by Crippen LogP contribution is 2.36. The maximum absolute atomic E-state index is 12.4. The molecule has 0 aliphatic heterocycles. The summed E-state index contributed by atoms with van der Waals surface area (Å²) in [6.45, 7) is 3.38. The number of allylic oxidation sites excluding steroid dienone is 14. The molecule has 0 saturated heterocycles. The van der Waals surface area contributed by atoms with E-state index in [1.165, 1.54) is 25.7 Å². The maximum Gasteiger partial charge on any atom is 0.469 e. The van der Waals surface area contributed by atoms with E-state index >= 15 is 0 Å². The number of rotatable bonds is 34. The first-order chi connectivity index (χ1) is 25.7. The summed E-state index contributed by atoms with van der Waals surface area (Å²) in [7, 11) is -4.79. The molecule has 0 aromatic heterocycles. The highest BCUT2D eigenvalue weighted by molar-refractivity contribution is 7.46. The molecule has 0 aromatic rings. The van der Waals surface area contributed by atoms with Crippen molar-refractivity contribution < 1.29 is 43.0 Å². The lowest BCUT2D eigenvalue weighted by atomic mass is 10.1. The Balaban J connectivity index is 4.19. The third kappa shape index (κ3) is 40.0. The molecule has 0 fully saturated rings. The Morgan fingerprint density at radius 2 is 1.15 bits per heavy atom. The van der Waals surface area contributed by atoms with Gasteiger partial charge >= 0.3 is 19.8 Å². The minimum Gasteiger partial charge on any atom is -0.462 e. The fraction of sp³-hybridized carbons (Fsp3) is 0.581. The van der Waals surface area contributed by atoms with Crippen LogP contribution in [0.5, 0.6) is 0 Å². The molecular formula is C43H69O9P. The first kappa shape index (κ1) is 49.9. The molecule has 0 amide bonds. The Kier molecular flexibility index (Phi) is 35.1. The zero-order valence-electron chi connectivity index (χ0n) is 32.5. The lowest BCUT2D eigenvalue weighted by Gasteiger charge is -2.18. The molecule has 53 heavy (non-hydrogen) atoms. The number of ether oxygens (including phenoxy) is 2. The predicted octanol–water partition coefficient (Wildman–Crippen LogP) is 10.8. The lowest BCUT2D eigenvalue weighted by Crippen LogP contribution is -2.29. The molecule has 10 heteroatoms. The quantitative estimate of drug-likeness (QED) is 0.0192. The zero-order valence-corrected chi connectivity index (χ0v) is 33.4. The predicted molar refractivity (Wildman–Crippen MR) is 217 cm³/mol. The van der Waals surface area contributed by atoms with Crippen molar-refractivity contribution >= 4 is 19.8 Å².